The van der Waals surface area contributed by atoms with Gasteiger partial charge in [0.05, 0.1) is 20.5 Å². The van der Waals surface area contributed by atoms with Gasteiger partial charge >= 0.3 is 0 Å². The lowest BCUT2D eigenvalue weighted by Gasteiger charge is -2.10. The molecule has 2 aromatic rings. The highest BCUT2D eigenvalue weighted by Gasteiger charge is 2.17. The standard InChI is InChI=1S/C20H19N3O9/c1-12(21(27)28)8-14(9-15-11-17(23(31)32)4-7-20(15)26)19(25)5-2-13-10-16(22(29)30)3-6-18(13)24/h3-4,6-8,10-11,24-26H,2,5,9H2,1H3/b12-8+,19-14-. The Morgan fingerprint density at radius 2 is 1.41 bits per heavy atom. The van der Waals surface area contributed by atoms with Crippen molar-refractivity contribution in [3.05, 3.63) is 101 Å². The Balaban J connectivity index is 2.42. The van der Waals surface area contributed by atoms with Crippen LogP contribution in [0, 0.1) is 30.3 Å². The number of hydrogen-bond donors (Lipinski definition) is 3. The summed E-state index contributed by atoms with van der Waals surface area (Å²) in [5, 5.41) is 63.5. The molecule has 0 bridgehead atoms. The van der Waals surface area contributed by atoms with Gasteiger partial charge in [0.15, 0.2) is 0 Å². The number of phenolic OH excluding ortho intramolecular Hbond substituents is 2. The first-order valence-corrected chi connectivity index (χ1v) is 9.15. The van der Waals surface area contributed by atoms with E-state index in [1.165, 1.54) is 6.92 Å². The van der Waals surface area contributed by atoms with E-state index in [-0.39, 0.29) is 70.3 Å². The fraction of sp³-hybridized carbons (Fsp3) is 0.200. The molecule has 0 fully saturated rings. The second-order valence-corrected chi connectivity index (χ2v) is 6.83. The minimum absolute atomic E-state index is 0.0138. The van der Waals surface area contributed by atoms with Crippen LogP contribution >= 0.6 is 0 Å². The van der Waals surface area contributed by atoms with Crippen LogP contribution in [-0.4, -0.2) is 30.1 Å². The third kappa shape index (κ3) is 6.01. The Kier molecular flexibility index (Phi) is 7.45. The first-order chi connectivity index (χ1) is 15.0. The molecule has 0 heterocycles. The van der Waals surface area contributed by atoms with E-state index in [4.69, 9.17) is 0 Å². The molecule has 2 aromatic carbocycles. The lowest BCUT2D eigenvalue weighted by atomic mass is 9.98. The van der Waals surface area contributed by atoms with Crippen molar-refractivity contribution in [2.45, 2.75) is 26.2 Å². The van der Waals surface area contributed by atoms with Crippen LogP contribution in [0.5, 0.6) is 11.5 Å². The van der Waals surface area contributed by atoms with E-state index in [0.29, 0.717) is 0 Å². The van der Waals surface area contributed by atoms with Crippen LogP contribution in [0.3, 0.4) is 0 Å². The Hall–Kier alpha value is -4.48. The second kappa shape index (κ2) is 10.0. The van der Waals surface area contributed by atoms with Crippen LogP contribution in [0.2, 0.25) is 0 Å². The maximum absolute atomic E-state index is 11.0. The van der Waals surface area contributed by atoms with E-state index in [2.05, 4.69) is 0 Å². The molecular weight excluding hydrogens is 426 g/mol. The Bertz CT molecular complexity index is 1140. The molecule has 0 saturated carbocycles. The molecule has 12 heteroatoms. The third-order valence-electron chi connectivity index (χ3n) is 4.60. The smallest absolute Gasteiger partial charge is 0.269 e. The largest absolute Gasteiger partial charge is 0.512 e. The van der Waals surface area contributed by atoms with Gasteiger partial charge in [-0.15, -0.1) is 0 Å². The summed E-state index contributed by atoms with van der Waals surface area (Å²) < 4.78 is 0. The van der Waals surface area contributed by atoms with Crippen molar-refractivity contribution in [3.8, 4) is 11.5 Å². The number of aliphatic hydroxyl groups is 1. The Labute approximate surface area is 180 Å². The molecule has 0 aliphatic heterocycles. The molecule has 32 heavy (non-hydrogen) atoms. The van der Waals surface area contributed by atoms with Gasteiger partial charge in [-0.25, -0.2) is 0 Å². The number of nitro benzene ring substituents is 2. The van der Waals surface area contributed by atoms with E-state index in [0.717, 1.165) is 42.5 Å². The van der Waals surface area contributed by atoms with E-state index in [1.807, 2.05) is 0 Å². The molecule has 0 aliphatic rings. The summed E-state index contributed by atoms with van der Waals surface area (Å²) in [6.07, 6.45) is 0.628. The number of aryl methyl sites for hydroxylation is 1. The van der Waals surface area contributed by atoms with Crippen molar-refractivity contribution in [3.63, 3.8) is 0 Å². The molecule has 168 valence electrons. The second-order valence-electron chi connectivity index (χ2n) is 6.83. The number of rotatable bonds is 9. The highest BCUT2D eigenvalue weighted by atomic mass is 16.6. The van der Waals surface area contributed by atoms with Crippen molar-refractivity contribution in [2.24, 2.45) is 0 Å². The summed E-state index contributed by atoms with van der Waals surface area (Å²) in [5.41, 5.74) is -0.639. The molecule has 12 nitrogen and oxygen atoms in total. The van der Waals surface area contributed by atoms with E-state index < -0.39 is 14.8 Å². The molecule has 0 amide bonds. The maximum atomic E-state index is 11.0. The minimum Gasteiger partial charge on any atom is -0.512 e. The molecule has 0 spiro atoms. The summed E-state index contributed by atoms with van der Waals surface area (Å²) in [6.45, 7) is 1.19. The van der Waals surface area contributed by atoms with Gasteiger partial charge in [0.25, 0.3) is 11.4 Å². The fourth-order valence-corrected chi connectivity index (χ4v) is 2.87. The number of phenols is 2. The van der Waals surface area contributed by atoms with Gasteiger partial charge in [-0.1, -0.05) is 0 Å². The van der Waals surface area contributed by atoms with Gasteiger partial charge in [-0.05, 0) is 18.6 Å². The van der Waals surface area contributed by atoms with Crippen LogP contribution in [0.1, 0.15) is 24.5 Å². The molecule has 0 radical (unpaired) electrons. The summed E-state index contributed by atoms with van der Waals surface area (Å²) in [4.78, 5) is 31.0. The zero-order valence-electron chi connectivity index (χ0n) is 16.8. The third-order valence-corrected chi connectivity index (χ3v) is 4.60. The lowest BCUT2D eigenvalue weighted by Crippen LogP contribution is -2.02. The summed E-state index contributed by atoms with van der Waals surface area (Å²) in [6, 6.07) is 6.69. The first kappa shape index (κ1) is 23.8. The predicted molar refractivity (Wildman–Crippen MR) is 112 cm³/mol. The summed E-state index contributed by atoms with van der Waals surface area (Å²) in [5.74, 6) is -0.870. The minimum atomic E-state index is -0.688. The predicted octanol–water partition coefficient (Wildman–Crippen LogP) is 4.08. The molecule has 0 aliphatic carbocycles. The topological polar surface area (TPSA) is 190 Å². The molecule has 0 saturated heterocycles. The lowest BCUT2D eigenvalue weighted by molar-refractivity contribution is -0.424. The number of nitrogens with zero attached hydrogens (tertiary/aromatic N) is 3. The maximum Gasteiger partial charge on any atom is 0.269 e. The first-order valence-electron chi connectivity index (χ1n) is 9.15. The van der Waals surface area contributed by atoms with Crippen molar-refractivity contribution >= 4 is 11.4 Å². The quantitative estimate of drug-likeness (QED) is 0.221. The Morgan fingerprint density at radius 1 is 0.906 bits per heavy atom. The van der Waals surface area contributed by atoms with Crippen molar-refractivity contribution in [2.75, 3.05) is 0 Å². The van der Waals surface area contributed by atoms with Gasteiger partial charge in [0.2, 0.25) is 5.70 Å². The average Bonchev–Trinajstić information content (AvgIpc) is 2.73. The van der Waals surface area contributed by atoms with E-state index in [1.54, 1.807) is 0 Å². The van der Waals surface area contributed by atoms with Crippen molar-refractivity contribution in [1.29, 1.82) is 0 Å². The highest BCUT2D eigenvalue weighted by molar-refractivity contribution is 5.47. The number of hydrogen-bond acceptors (Lipinski definition) is 9. The SMILES string of the molecule is C/C(=C\C(Cc1cc([N+](=O)[O-])ccc1O)=C(\O)CCc1cc([N+](=O)[O-])ccc1O)[N+](=O)[O-]. The van der Waals surface area contributed by atoms with E-state index >= 15 is 0 Å². The number of nitro groups is 3. The van der Waals surface area contributed by atoms with Crippen LogP contribution < -0.4 is 0 Å². The number of aromatic hydroxyl groups is 2. The molecule has 0 unspecified atom stereocenters. The molecule has 0 atom stereocenters. The number of benzene rings is 2. The fourth-order valence-electron chi connectivity index (χ4n) is 2.87. The van der Waals surface area contributed by atoms with Crippen molar-refractivity contribution in [1.82, 2.24) is 0 Å². The average molecular weight is 445 g/mol. The number of allylic oxidation sites excluding steroid dienone is 4. The van der Waals surface area contributed by atoms with Crippen molar-refractivity contribution < 1.29 is 30.1 Å². The van der Waals surface area contributed by atoms with Crippen LogP contribution in [-0.2, 0) is 12.8 Å². The van der Waals surface area contributed by atoms with Gasteiger partial charge in [0, 0.05) is 66.8 Å². The summed E-state index contributed by atoms with van der Waals surface area (Å²) >= 11 is 0. The normalized spacial score (nSPS) is 12.2. The van der Waals surface area contributed by atoms with Crippen LogP contribution in [0.25, 0.3) is 0 Å². The molecule has 2 rings (SSSR count). The van der Waals surface area contributed by atoms with Gasteiger partial charge in [-0.2, -0.15) is 0 Å². The van der Waals surface area contributed by atoms with Crippen LogP contribution in [0.4, 0.5) is 11.4 Å². The van der Waals surface area contributed by atoms with Crippen LogP contribution in [0.15, 0.2) is 59.5 Å². The number of non-ortho nitro benzene ring substituents is 2. The number of aliphatic hydroxyl groups excluding tert-OH is 1. The molecule has 3 N–H and O–H groups in total. The zero-order valence-corrected chi connectivity index (χ0v) is 16.8. The van der Waals surface area contributed by atoms with Gasteiger partial charge in [-0.3, -0.25) is 30.3 Å². The summed E-state index contributed by atoms with van der Waals surface area (Å²) in [7, 11) is 0. The van der Waals surface area contributed by atoms with E-state index in [9.17, 15) is 45.7 Å². The Morgan fingerprint density at radius 3 is 1.91 bits per heavy atom. The van der Waals surface area contributed by atoms with Gasteiger partial charge in [0.1, 0.15) is 11.5 Å². The molecular formula is C20H19N3O9. The zero-order chi connectivity index (χ0) is 24.0. The molecule has 0 aromatic heterocycles. The monoisotopic (exact) mass is 445 g/mol. The van der Waals surface area contributed by atoms with Gasteiger partial charge < -0.3 is 15.3 Å². The highest BCUT2D eigenvalue weighted by Crippen LogP contribution is 2.29.